The molecule has 0 radical (unpaired) electrons. The molecule has 3 saturated heterocycles. The summed E-state index contributed by atoms with van der Waals surface area (Å²) in [7, 11) is 5.02. The first-order valence-corrected chi connectivity index (χ1v) is 24.1. The number of benzene rings is 3. The smallest absolute Gasteiger partial charge is 0.240 e. The van der Waals surface area contributed by atoms with E-state index in [-0.39, 0.29) is 91.1 Å². The fraction of sp³-hybridized carbons (Fsp3) is 0.500. The molecule has 2 amide bonds. The molecule has 0 bridgehead atoms. The molecule has 4 aliphatic heterocycles. The topological polar surface area (TPSA) is 153 Å². The number of aliphatic hydroxyl groups excluding tert-OH is 1. The van der Waals surface area contributed by atoms with Crippen molar-refractivity contribution in [1.82, 2.24) is 45.9 Å². The molecule has 358 valence electrons. The van der Waals surface area contributed by atoms with Gasteiger partial charge in [0, 0.05) is 75.7 Å². The summed E-state index contributed by atoms with van der Waals surface area (Å²) in [6, 6.07) is 28.4. The van der Waals surface area contributed by atoms with Gasteiger partial charge >= 0.3 is 0 Å². The van der Waals surface area contributed by atoms with E-state index in [1.54, 1.807) is 18.6 Å². The molecule has 0 aliphatic carbocycles. The van der Waals surface area contributed by atoms with E-state index in [0.29, 0.717) is 13.0 Å². The van der Waals surface area contributed by atoms with Gasteiger partial charge < -0.3 is 50.8 Å². The Morgan fingerprint density at radius 2 is 1.51 bits per heavy atom. The average molecular weight is 1140 g/mol. The standard InChI is InChI=1S/C52H71N10O4.U/c1-33(2)47(56-32-53-5)50(63)60-27-11-15-40(60)29-46-54-30-41(57-46)35-17-21-37(22-18-35)43-25-26-44(62(43)39-13-9-8-10-14-39)38-23-19-36(20-24-38)42-31-55-49(58-42)45-16-12-28-61(45)51(64)48(34(3)4)59(6)52(65)66-7;/h8-10,13-14,17-24,30-34,40,43-45,47-49,52-53,55-56,58,65H,11-12,15-16,25-29H2,1-7H3,(H,54,57);/q-1;/t40-,43?,44?,45-,47-,48-,49?,52?;/m0./s1. The van der Waals surface area contributed by atoms with Crippen molar-refractivity contribution in [2.45, 2.75) is 121 Å². The van der Waals surface area contributed by atoms with Crippen LogP contribution in [-0.4, -0.2) is 113 Å². The Morgan fingerprint density at radius 1 is 0.866 bits per heavy atom. The van der Waals surface area contributed by atoms with Crippen LogP contribution in [0.2, 0.25) is 0 Å². The second-order valence-corrected chi connectivity index (χ2v) is 19.2. The Kier molecular flexibility index (Phi) is 17.3. The van der Waals surface area contributed by atoms with Crippen LogP contribution in [0.25, 0.3) is 17.0 Å². The number of hydrogen-bond donors (Lipinski definition) is 6. The van der Waals surface area contributed by atoms with Crippen molar-refractivity contribution in [3.05, 3.63) is 120 Å². The number of nitrogens with zero attached hydrogens (tertiary/aromatic N) is 5. The second kappa shape index (κ2) is 22.9. The zero-order chi connectivity index (χ0) is 46.5. The molecule has 3 aromatic carbocycles. The number of anilines is 1. The maximum absolute atomic E-state index is 14.0. The van der Waals surface area contributed by atoms with E-state index in [2.05, 4.69) is 124 Å². The summed E-state index contributed by atoms with van der Waals surface area (Å²) < 4.78 is 5.16. The van der Waals surface area contributed by atoms with Crippen LogP contribution in [0, 0.1) is 49.6 Å². The van der Waals surface area contributed by atoms with Crippen molar-refractivity contribution in [1.29, 1.82) is 0 Å². The molecule has 8 rings (SSSR count). The number of carbonyl (C=O) groups is 2. The SMILES string of the molecule is CN[CH-]N[C@H](C(=O)N1CCC[C@H]1Cc1ncc(-c2ccc(C3CCC(c4ccc(C5=CNC([C@@H]6CCCN6C(=O)[C@H](C(C)C)N(C)C(O)OC)N5)cc4)N3c3ccccc3)cc2)[nH]1)C(C)C.[U]. The molecule has 4 unspecified atom stereocenters. The second-order valence-electron chi connectivity index (χ2n) is 19.2. The van der Waals surface area contributed by atoms with Crippen molar-refractivity contribution >= 4 is 23.2 Å². The first-order chi connectivity index (χ1) is 32.0. The van der Waals surface area contributed by atoms with Crippen LogP contribution < -0.4 is 26.2 Å². The van der Waals surface area contributed by atoms with Crippen molar-refractivity contribution in [2.24, 2.45) is 11.8 Å². The largest absolute Gasteiger partial charge is 0.459 e. The zero-order valence-electron chi connectivity index (χ0n) is 40.3. The number of likely N-dealkylation sites (N-methyl/N-ethyl adjacent to an activating group) is 1. The van der Waals surface area contributed by atoms with Crippen molar-refractivity contribution in [3.8, 4) is 11.3 Å². The number of carbonyl (C=O) groups excluding carboxylic acids is 2. The van der Waals surface area contributed by atoms with E-state index in [0.717, 1.165) is 73.4 Å². The monoisotopic (exact) mass is 1140 g/mol. The predicted octanol–water partition coefficient (Wildman–Crippen LogP) is 6.33. The van der Waals surface area contributed by atoms with Gasteiger partial charge in [-0.25, -0.2) is 16.6 Å². The summed E-state index contributed by atoms with van der Waals surface area (Å²) in [5.41, 5.74) is 7.94. The first kappa shape index (κ1) is 50.7. The minimum Gasteiger partial charge on any atom is -0.459 e. The molecule has 67 heavy (non-hydrogen) atoms. The van der Waals surface area contributed by atoms with E-state index in [1.807, 2.05) is 43.1 Å². The molecule has 5 heterocycles. The van der Waals surface area contributed by atoms with Gasteiger partial charge in [0.15, 0.2) is 0 Å². The number of aromatic nitrogens is 2. The van der Waals surface area contributed by atoms with Crippen molar-refractivity contribution in [3.63, 3.8) is 0 Å². The van der Waals surface area contributed by atoms with Gasteiger partial charge in [-0.05, 0) is 98.8 Å². The van der Waals surface area contributed by atoms with Crippen LogP contribution in [0.4, 0.5) is 5.69 Å². The van der Waals surface area contributed by atoms with Gasteiger partial charge in [0.05, 0.1) is 47.8 Å². The summed E-state index contributed by atoms with van der Waals surface area (Å²) in [5, 5.41) is 23.9. The minimum absolute atomic E-state index is 0. The van der Waals surface area contributed by atoms with E-state index in [4.69, 9.17) is 9.72 Å². The summed E-state index contributed by atoms with van der Waals surface area (Å²) in [4.78, 5) is 44.2. The number of aromatic amines is 1. The molecular formula is C52H71N10O4U-. The number of amides is 2. The third-order valence-corrected chi connectivity index (χ3v) is 14.3. The molecule has 4 aromatic rings. The van der Waals surface area contributed by atoms with Crippen LogP contribution in [0.15, 0.2) is 91.3 Å². The average Bonchev–Trinajstić information content (AvgIpc) is 4.20. The van der Waals surface area contributed by atoms with Gasteiger partial charge in [-0.2, -0.15) is 0 Å². The van der Waals surface area contributed by atoms with Crippen LogP contribution in [-0.2, 0) is 20.7 Å². The van der Waals surface area contributed by atoms with E-state index in [9.17, 15) is 14.7 Å². The summed E-state index contributed by atoms with van der Waals surface area (Å²) in [6.07, 6.45) is 9.24. The maximum Gasteiger partial charge on any atom is 0.240 e. The van der Waals surface area contributed by atoms with Crippen LogP contribution in [0.5, 0.6) is 0 Å². The zero-order valence-corrected chi connectivity index (χ0v) is 44.4. The number of methoxy groups -OCH3 is 1. The van der Waals surface area contributed by atoms with Crippen molar-refractivity contribution < 1.29 is 50.5 Å². The van der Waals surface area contributed by atoms with Gasteiger partial charge in [0.1, 0.15) is 12.0 Å². The van der Waals surface area contributed by atoms with E-state index in [1.165, 1.54) is 23.9 Å². The number of rotatable bonds is 18. The number of nitrogens with one attached hydrogen (secondary N) is 5. The molecule has 15 heteroatoms. The van der Waals surface area contributed by atoms with Gasteiger partial charge in [-0.15, -0.1) is 0 Å². The number of para-hydroxylation sites is 1. The molecule has 6 N–H and O–H groups in total. The molecular weight excluding hydrogens is 1070 g/mol. The molecule has 3 fully saturated rings. The molecule has 4 aliphatic rings. The van der Waals surface area contributed by atoms with Crippen molar-refractivity contribution in [2.75, 3.05) is 39.2 Å². The minimum atomic E-state index is -1.15. The van der Waals surface area contributed by atoms with Gasteiger partial charge in [-0.3, -0.25) is 9.59 Å². The first-order valence-electron chi connectivity index (χ1n) is 24.1. The number of hydrogen-bond acceptors (Lipinski definition) is 11. The summed E-state index contributed by atoms with van der Waals surface area (Å²) in [6.45, 7) is 11.4. The normalized spacial score (nSPS) is 23.1. The predicted molar refractivity (Wildman–Crippen MR) is 260 cm³/mol. The Bertz CT molecular complexity index is 2260. The van der Waals surface area contributed by atoms with E-state index >= 15 is 0 Å². The number of ether oxygens (including phenoxy) is 1. The third kappa shape index (κ3) is 11.1. The fourth-order valence-corrected chi connectivity index (χ4v) is 10.9. The number of aliphatic hydroxyl groups is 1. The molecule has 8 atom stereocenters. The number of H-pyrrole nitrogens is 1. The Balaban J connectivity index is 0.00000666. The van der Waals surface area contributed by atoms with Gasteiger partial charge in [0.2, 0.25) is 18.2 Å². The Morgan fingerprint density at radius 3 is 2.13 bits per heavy atom. The summed E-state index contributed by atoms with van der Waals surface area (Å²) >= 11 is 0. The van der Waals surface area contributed by atoms with Crippen LogP contribution in [0.3, 0.4) is 0 Å². The third-order valence-electron chi connectivity index (χ3n) is 14.3. The van der Waals surface area contributed by atoms with Crippen LogP contribution in [0.1, 0.15) is 101 Å². The quantitative estimate of drug-likeness (QED) is 0.0490. The Labute approximate surface area is 421 Å². The maximum atomic E-state index is 14.0. The van der Waals surface area contributed by atoms with Crippen LogP contribution >= 0.6 is 0 Å². The number of likely N-dealkylation sites (tertiary alicyclic amines) is 2. The molecule has 14 nitrogen and oxygen atoms in total. The molecule has 0 saturated carbocycles. The fourth-order valence-electron chi connectivity index (χ4n) is 10.9. The molecule has 1 aromatic heterocycles. The Hall–Kier alpha value is -4.20. The summed E-state index contributed by atoms with van der Waals surface area (Å²) in [5.74, 6) is 1.23. The number of imidazole rings is 1. The molecule has 0 spiro atoms. The van der Waals surface area contributed by atoms with Gasteiger partial charge in [-0.1, -0.05) is 94.4 Å². The van der Waals surface area contributed by atoms with Gasteiger partial charge in [0.25, 0.3) is 0 Å². The van der Waals surface area contributed by atoms with E-state index < -0.39 is 12.5 Å².